The molecule has 0 aliphatic heterocycles. The number of rotatable bonds is 5. The van der Waals surface area contributed by atoms with E-state index in [4.69, 9.17) is 0 Å². The summed E-state index contributed by atoms with van der Waals surface area (Å²) in [6, 6.07) is 10.3. The van der Waals surface area contributed by atoms with Gasteiger partial charge in [0, 0.05) is 18.9 Å². The Kier molecular flexibility index (Phi) is 4.88. The third-order valence-electron chi connectivity index (χ3n) is 2.63. The highest BCUT2D eigenvalue weighted by Gasteiger charge is 2.09. The number of hydrogen-bond donors (Lipinski definition) is 1. The van der Waals surface area contributed by atoms with Gasteiger partial charge in [-0.05, 0) is 12.0 Å². The molecule has 0 bridgehead atoms. The van der Waals surface area contributed by atoms with E-state index in [1.54, 1.807) is 0 Å². The SMILES string of the molecule is CCC(=O)NC[C@@H](CC)c1ccccc1. The van der Waals surface area contributed by atoms with E-state index >= 15 is 0 Å². The van der Waals surface area contributed by atoms with E-state index in [9.17, 15) is 4.79 Å². The molecular formula is C13H19NO. The van der Waals surface area contributed by atoms with E-state index in [1.807, 2.05) is 25.1 Å². The van der Waals surface area contributed by atoms with Crippen molar-refractivity contribution in [2.45, 2.75) is 32.6 Å². The maximum atomic E-state index is 11.2. The molecule has 1 N–H and O–H groups in total. The van der Waals surface area contributed by atoms with Crippen molar-refractivity contribution in [3.8, 4) is 0 Å². The van der Waals surface area contributed by atoms with Gasteiger partial charge in [-0.25, -0.2) is 0 Å². The van der Waals surface area contributed by atoms with Crippen molar-refractivity contribution in [1.29, 1.82) is 0 Å². The fourth-order valence-electron chi connectivity index (χ4n) is 1.59. The summed E-state index contributed by atoms with van der Waals surface area (Å²) in [5.41, 5.74) is 1.30. The van der Waals surface area contributed by atoms with E-state index in [2.05, 4.69) is 24.4 Å². The second kappa shape index (κ2) is 6.23. The van der Waals surface area contributed by atoms with Crippen molar-refractivity contribution in [2.75, 3.05) is 6.54 Å². The van der Waals surface area contributed by atoms with Gasteiger partial charge in [-0.3, -0.25) is 4.79 Å². The fraction of sp³-hybridized carbons (Fsp3) is 0.462. The zero-order valence-corrected chi connectivity index (χ0v) is 9.49. The third kappa shape index (κ3) is 3.74. The molecule has 0 heterocycles. The highest BCUT2D eigenvalue weighted by molar-refractivity contribution is 5.75. The van der Waals surface area contributed by atoms with E-state index in [-0.39, 0.29) is 5.91 Å². The number of carbonyl (C=O) groups is 1. The van der Waals surface area contributed by atoms with E-state index < -0.39 is 0 Å². The molecule has 2 nitrogen and oxygen atoms in total. The largest absolute Gasteiger partial charge is 0.356 e. The first-order valence-corrected chi connectivity index (χ1v) is 5.59. The molecule has 15 heavy (non-hydrogen) atoms. The zero-order valence-electron chi connectivity index (χ0n) is 9.49. The normalized spacial score (nSPS) is 12.1. The monoisotopic (exact) mass is 205 g/mol. The van der Waals surface area contributed by atoms with Gasteiger partial charge in [0.1, 0.15) is 0 Å². The fourth-order valence-corrected chi connectivity index (χ4v) is 1.59. The highest BCUT2D eigenvalue weighted by atomic mass is 16.1. The lowest BCUT2D eigenvalue weighted by Crippen LogP contribution is -2.27. The Morgan fingerprint density at radius 3 is 2.47 bits per heavy atom. The van der Waals surface area contributed by atoms with Crippen LogP contribution in [0.4, 0.5) is 0 Å². The third-order valence-corrected chi connectivity index (χ3v) is 2.63. The van der Waals surface area contributed by atoms with Crippen LogP contribution in [0.15, 0.2) is 30.3 Å². The van der Waals surface area contributed by atoms with Crippen LogP contribution in [0.5, 0.6) is 0 Å². The van der Waals surface area contributed by atoms with Gasteiger partial charge in [-0.2, -0.15) is 0 Å². The number of benzene rings is 1. The maximum Gasteiger partial charge on any atom is 0.219 e. The van der Waals surface area contributed by atoms with Gasteiger partial charge >= 0.3 is 0 Å². The maximum absolute atomic E-state index is 11.2. The van der Waals surface area contributed by atoms with Crippen LogP contribution in [0.3, 0.4) is 0 Å². The van der Waals surface area contributed by atoms with Crippen molar-refractivity contribution in [3.63, 3.8) is 0 Å². The Morgan fingerprint density at radius 1 is 1.27 bits per heavy atom. The molecule has 0 radical (unpaired) electrons. The molecule has 2 heteroatoms. The summed E-state index contributed by atoms with van der Waals surface area (Å²) < 4.78 is 0. The molecule has 0 aromatic heterocycles. The minimum absolute atomic E-state index is 0.129. The highest BCUT2D eigenvalue weighted by Crippen LogP contribution is 2.17. The summed E-state index contributed by atoms with van der Waals surface area (Å²) in [6.07, 6.45) is 1.61. The van der Waals surface area contributed by atoms with Crippen LogP contribution in [0.25, 0.3) is 0 Å². The Bertz CT molecular complexity index is 295. The first-order chi connectivity index (χ1) is 7.27. The first-order valence-electron chi connectivity index (χ1n) is 5.59. The van der Waals surface area contributed by atoms with Crippen LogP contribution in [-0.4, -0.2) is 12.5 Å². The predicted octanol–water partition coefficient (Wildman–Crippen LogP) is 2.71. The standard InChI is InChI=1S/C13H19NO/c1-3-11(10-14-13(15)4-2)12-8-6-5-7-9-12/h5-9,11H,3-4,10H2,1-2H3,(H,14,15)/t11-/m1/s1. The smallest absolute Gasteiger partial charge is 0.219 e. The van der Waals surface area contributed by atoms with E-state index in [1.165, 1.54) is 5.56 Å². The van der Waals surface area contributed by atoms with Crippen LogP contribution in [0.2, 0.25) is 0 Å². The molecule has 0 unspecified atom stereocenters. The quantitative estimate of drug-likeness (QED) is 0.786. The van der Waals surface area contributed by atoms with Crippen molar-refractivity contribution in [1.82, 2.24) is 5.32 Å². The second-order valence-corrected chi connectivity index (χ2v) is 3.67. The van der Waals surface area contributed by atoms with Gasteiger partial charge in [0.15, 0.2) is 0 Å². The molecule has 1 amide bonds. The van der Waals surface area contributed by atoms with Crippen molar-refractivity contribution in [3.05, 3.63) is 35.9 Å². The molecular weight excluding hydrogens is 186 g/mol. The van der Waals surface area contributed by atoms with Crippen LogP contribution in [0.1, 0.15) is 38.2 Å². The molecule has 1 rings (SSSR count). The molecule has 0 fully saturated rings. The lowest BCUT2D eigenvalue weighted by Gasteiger charge is -2.15. The molecule has 0 saturated heterocycles. The first kappa shape index (κ1) is 11.8. The van der Waals surface area contributed by atoms with Gasteiger partial charge in [0.05, 0.1) is 0 Å². The molecule has 1 aromatic rings. The van der Waals surface area contributed by atoms with Gasteiger partial charge in [0.2, 0.25) is 5.91 Å². The van der Waals surface area contributed by atoms with Crippen molar-refractivity contribution >= 4 is 5.91 Å². The van der Waals surface area contributed by atoms with Gasteiger partial charge < -0.3 is 5.32 Å². The molecule has 0 aliphatic rings. The van der Waals surface area contributed by atoms with Crippen LogP contribution < -0.4 is 5.32 Å². The lowest BCUT2D eigenvalue weighted by molar-refractivity contribution is -0.120. The topological polar surface area (TPSA) is 29.1 Å². The lowest BCUT2D eigenvalue weighted by atomic mass is 9.96. The van der Waals surface area contributed by atoms with Crippen LogP contribution in [0, 0.1) is 0 Å². The van der Waals surface area contributed by atoms with Crippen molar-refractivity contribution < 1.29 is 4.79 Å². The van der Waals surface area contributed by atoms with Crippen molar-refractivity contribution in [2.24, 2.45) is 0 Å². The summed E-state index contributed by atoms with van der Waals surface area (Å²) in [7, 11) is 0. The summed E-state index contributed by atoms with van der Waals surface area (Å²) >= 11 is 0. The number of nitrogens with one attached hydrogen (secondary N) is 1. The van der Waals surface area contributed by atoms with Crippen LogP contribution >= 0.6 is 0 Å². The molecule has 82 valence electrons. The summed E-state index contributed by atoms with van der Waals surface area (Å²) in [5, 5.41) is 2.94. The average Bonchev–Trinajstić information content (AvgIpc) is 2.31. The van der Waals surface area contributed by atoms with Gasteiger partial charge in [-0.1, -0.05) is 44.2 Å². The summed E-state index contributed by atoms with van der Waals surface area (Å²) in [4.78, 5) is 11.2. The molecule has 0 saturated carbocycles. The van der Waals surface area contributed by atoms with Gasteiger partial charge in [0.25, 0.3) is 0 Å². The van der Waals surface area contributed by atoms with Crippen LogP contribution in [-0.2, 0) is 4.79 Å². The summed E-state index contributed by atoms with van der Waals surface area (Å²) in [5.74, 6) is 0.561. The minimum Gasteiger partial charge on any atom is -0.356 e. The predicted molar refractivity (Wildman–Crippen MR) is 62.8 cm³/mol. The average molecular weight is 205 g/mol. The minimum atomic E-state index is 0.129. The molecule has 0 aliphatic carbocycles. The number of amides is 1. The molecule has 1 aromatic carbocycles. The Hall–Kier alpha value is -1.31. The van der Waals surface area contributed by atoms with E-state index in [0.717, 1.165) is 13.0 Å². The summed E-state index contributed by atoms with van der Waals surface area (Å²) in [6.45, 7) is 4.77. The number of hydrogen-bond acceptors (Lipinski definition) is 1. The zero-order chi connectivity index (χ0) is 11.1. The Balaban J connectivity index is 2.53. The Morgan fingerprint density at radius 2 is 1.93 bits per heavy atom. The number of carbonyl (C=O) groups excluding carboxylic acids is 1. The van der Waals surface area contributed by atoms with E-state index in [0.29, 0.717) is 12.3 Å². The molecule has 0 spiro atoms. The molecule has 1 atom stereocenters. The Labute approximate surface area is 91.7 Å². The second-order valence-electron chi connectivity index (χ2n) is 3.67. The van der Waals surface area contributed by atoms with Gasteiger partial charge in [-0.15, -0.1) is 0 Å².